The van der Waals surface area contributed by atoms with Crippen molar-refractivity contribution >= 4 is 10.9 Å². The molecule has 2 aromatic rings. The van der Waals surface area contributed by atoms with Crippen LogP contribution in [-0.2, 0) is 6.18 Å². The number of fused-ring (bicyclic) bond motifs is 1. The Balaban J connectivity index is 3.07. The van der Waals surface area contributed by atoms with Gasteiger partial charge in [-0.3, -0.25) is 4.79 Å². The summed E-state index contributed by atoms with van der Waals surface area (Å²) in [7, 11) is 0. The Morgan fingerprint density at radius 2 is 1.72 bits per heavy atom. The Labute approximate surface area is 99.3 Å². The van der Waals surface area contributed by atoms with Crippen LogP contribution in [0.15, 0.2) is 16.9 Å². The normalized spacial score (nSPS) is 12.1. The summed E-state index contributed by atoms with van der Waals surface area (Å²) in [5.41, 5.74) is -1.53. The number of aromatic nitrogens is 1. The first-order chi connectivity index (χ1) is 8.23. The molecule has 0 amide bonds. The molecule has 1 heterocycles. The van der Waals surface area contributed by atoms with Gasteiger partial charge in [-0.2, -0.15) is 13.2 Å². The van der Waals surface area contributed by atoms with Crippen LogP contribution in [0, 0.1) is 19.7 Å². The van der Waals surface area contributed by atoms with Gasteiger partial charge in [-0.25, -0.2) is 4.39 Å². The largest absolute Gasteiger partial charge is 0.419 e. The Bertz CT molecular complexity index is 685. The topological polar surface area (TPSA) is 32.9 Å². The van der Waals surface area contributed by atoms with Crippen LogP contribution in [0.3, 0.4) is 0 Å². The first kappa shape index (κ1) is 12.6. The van der Waals surface area contributed by atoms with Crippen LogP contribution in [0.4, 0.5) is 17.6 Å². The highest BCUT2D eigenvalue weighted by atomic mass is 19.4. The molecule has 2 nitrogen and oxygen atoms in total. The van der Waals surface area contributed by atoms with Gasteiger partial charge in [-0.1, -0.05) is 0 Å². The van der Waals surface area contributed by atoms with E-state index in [2.05, 4.69) is 4.98 Å². The fraction of sp³-hybridized carbons (Fsp3) is 0.250. The van der Waals surface area contributed by atoms with Gasteiger partial charge in [0.05, 0.1) is 0 Å². The number of alkyl halides is 3. The molecule has 0 saturated heterocycles. The molecular weight excluding hydrogens is 250 g/mol. The molecule has 96 valence electrons. The van der Waals surface area contributed by atoms with Gasteiger partial charge in [0.1, 0.15) is 11.4 Å². The SMILES string of the molecule is Cc1c(C)c2c(C(F)(F)F)c(F)ccc2[nH]c1=O. The lowest BCUT2D eigenvalue weighted by molar-refractivity contribution is -0.138. The van der Waals surface area contributed by atoms with Gasteiger partial charge in [0.25, 0.3) is 5.56 Å². The highest BCUT2D eigenvalue weighted by molar-refractivity contribution is 5.86. The van der Waals surface area contributed by atoms with Crippen molar-refractivity contribution in [1.82, 2.24) is 4.98 Å². The summed E-state index contributed by atoms with van der Waals surface area (Å²) in [6.45, 7) is 2.78. The Morgan fingerprint density at radius 3 is 2.28 bits per heavy atom. The van der Waals surface area contributed by atoms with Crippen molar-refractivity contribution in [2.75, 3.05) is 0 Å². The molecule has 0 aliphatic heterocycles. The van der Waals surface area contributed by atoms with Gasteiger partial charge in [0, 0.05) is 16.5 Å². The van der Waals surface area contributed by atoms with Crippen LogP contribution < -0.4 is 5.56 Å². The zero-order chi connectivity index (χ0) is 13.7. The van der Waals surface area contributed by atoms with Crippen LogP contribution in [0.5, 0.6) is 0 Å². The molecule has 1 aromatic heterocycles. The molecule has 0 bridgehead atoms. The van der Waals surface area contributed by atoms with Crippen molar-refractivity contribution in [2.45, 2.75) is 20.0 Å². The number of hydrogen-bond donors (Lipinski definition) is 1. The molecule has 1 N–H and O–H groups in total. The summed E-state index contributed by atoms with van der Waals surface area (Å²) in [6, 6.07) is 1.84. The number of benzene rings is 1. The molecule has 2 rings (SSSR count). The van der Waals surface area contributed by atoms with Crippen LogP contribution in [-0.4, -0.2) is 4.98 Å². The van der Waals surface area contributed by atoms with Crippen molar-refractivity contribution in [3.8, 4) is 0 Å². The van der Waals surface area contributed by atoms with E-state index in [0.29, 0.717) is 6.07 Å². The van der Waals surface area contributed by atoms with Crippen molar-refractivity contribution in [1.29, 1.82) is 0 Å². The highest BCUT2D eigenvalue weighted by Gasteiger charge is 2.37. The maximum atomic E-state index is 13.4. The summed E-state index contributed by atoms with van der Waals surface area (Å²) < 4.78 is 52.0. The van der Waals surface area contributed by atoms with Crippen molar-refractivity contribution in [3.63, 3.8) is 0 Å². The molecule has 0 fully saturated rings. The number of hydrogen-bond acceptors (Lipinski definition) is 1. The molecule has 1 aromatic carbocycles. The molecule has 0 aliphatic rings. The summed E-state index contributed by atoms with van der Waals surface area (Å²) in [4.78, 5) is 13.8. The van der Waals surface area contributed by atoms with E-state index in [0.717, 1.165) is 6.07 Å². The molecule has 18 heavy (non-hydrogen) atoms. The van der Waals surface area contributed by atoms with Gasteiger partial charge in [0.2, 0.25) is 0 Å². The van der Waals surface area contributed by atoms with E-state index >= 15 is 0 Å². The van der Waals surface area contributed by atoms with Crippen LogP contribution >= 0.6 is 0 Å². The highest BCUT2D eigenvalue weighted by Crippen LogP contribution is 2.37. The second kappa shape index (κ2) is 3.83. The smallest absolute Gasteiger partial charge is 0.322 e. The van der Waals surface area contributed by atoms with Crippen molar-refractivity contribution in [3.05, 3.63) is 45.0 Å². The fourth-order valence-electron chi connectivity index (χ4n) is 1.92. The van der Waals surface area contributed by atoms with Crippen molar-refractivity contribution in [2.24, 2.45) is 0 Å². The zero-order valence-corrected chi connectivity index (χ0v) is 9.57. The Hall–Kier alpha value is -1.85. The second-order valence-corrected chi connectivity index (χ2v) is 4.05. The van der Waals surface area contributed by atoms with Crippen LogP contribution in [0.1, 0.15) is 16.7 Å². The molecule has 0 aliphatic carbocycles. The van der Waals surface area contributed by atoms with E-state index < -0.39 is 23.1 Å². The van der Waals surface area contributed by atoms with Gasteiger partial charge < -0.3 is 4.98 Å². The summed E-state index contributed by atoms with van der Waals surface area (Å²) >= 11 is 0. The molecule has 0 unspecified atom stereocenters. The van der Waals surface area contributed by atoms with Gasteiger partial charge in [-0.15, -0.1) is 0 Å². The molecular formula is C12H9F4NO. The lowest BCUT2D eigenvalue weighted by atomic mass is 10.00. The average molecular weight is 259 g/mol. The predicted molar refractivity (Wildman–Crippen MR) is 59.0 cm³/mol. The summed E-state index contributed by atoms with van der Waals surface area (Å²) in [6.07, 6.45) is -4.81. The minimum absolute atomic E-state index is 0.0168. The monoisotopic (exact) mass is 259 g/mol. The van der Waals surface area contributed by atoms with E-state index in [9.17, 15) is 22.4 Å². The first-order valence-corrected chi connectivity index (χ1v) is 5.12. The van der Waals surface area contributed by atoms with Crippen LogP contribution in [0.25, 0.3) is 10.9 Å². The van der Waals surface area contributed by atoms with E-state index in [1.165, 1.54) is 13.8 Å². The third-order valence-electron chi connectivity index (χ3n) is 2.96. The molecule has 0 saturated carbocycles. The second-order valence-electron chi connectivity index (χ2n) is 4.05. The van der Waals surface area contributed by atoms with Crippen LogP contribution in [0.2, 0.25) is 0 Å². The predicted octanol–water partition coefficient (Wildman–Crippen LogP) is 3.30. The third-order valence-corrected chi connectivity index (χ3v) is 2.96. The molecule has 6 heteroatoms. The number of H-pyrrole nitrogens is 1. The number of rotatable bonds is 0. The lowest BCUT2D eigenvalue weighted by Gasteiger charge is -2.14. The Morgan fingerprint density at radius 1 is 1.11 bits per heavy atom. The minimum Gasteiger partial charge on any atom is -0.322 e. The van der Waals surface area contributed by atoms with E-state index in [4.69, 9.17) is 0 Å². The van der Waals surface area contributed by atoms with E-state index in [-0.39, 0.29) is 22.0 Å². The quantitative estimate of drug-likeness (QED) is 0.723. The number of aromatic amines is 1. The van der Waals surface area contributed by atoms with E-state index in [1.54, 1.807) is 0 Å². The standard InChI is InChI=1S/C12H9F4NO/c1-5-6(2)11(18)17-8-4-3-7(13)10(9(5)8)12(14,15)16/h3-4H,1-2H3,(H,17,18). The summed E-state index contributed by atoms with van der Waals surface area (Å²) in [5, 5.41) is -0.292. The van der Waals surface area contributed by atoms with Crippen molar-refractivity contribution < 1.29 is 17.6 Å². The van der Waals surface area contributed by atoms with Gasteiger partial charge in [0.15, 0.2) is 0 Å². The number of aryl methyl sites for hydroxylation is 1. The number of pyridine rings is 1. The fourth-order valence-corrected chi connectivity index (χ4v) is 1.92. The maximum Gasteiger partial charge on any atom is 0.419 e. The first-order valence-electron chi connectivity index (χ1n) is 5.12. The lowest BCUT2D eigenvalue weighted by Crippen LogP contribution is -2.16. The molecule has 0 radical (unpaired) electrons. The zero-order valence-electron chi connectivity index (χ0n) is 9.57. The van der Waals surface area contributed by atoms with Gasteiger partial charge in [-0.05, 0) is 31.5 Å². The van der Waals surface area contributed by atoms with E-state index in [1.807, 2.05) is 0 Å². The maximum absolute atomic E-state index is 13.4. The minimum atomic E-state index is -4.81. The Kier molecular flexibility index (Phi) is 2.68. The number of nitrogens with one attached hydrogen (secondary N) is 1. The molecule has 0 spiro atoms. The summed E-state index contributed by atoms with van der Waals surface area (Å²) in [5.74, 6) is -1.34. The number of halogens is 4. The van der Waals surface area contributed by atoms with Gasteiger partial charge >= 0.3 is 6.18 Å². The average Bonchev–Trinajstić information content (AvgIpc) is 2.25. The molecule has 0 atom stereocenters. The third kappa shape index (κ3) is 1.77.